The minimum Gasteiger partial charge on any atom is -0.478 e. The molecule has 5 rings (SSSR count). The van der Waals surface area contributed by atoms with Gasteiger partial charge < -0.3 is 24.5 Å². The number of nitrogens with one attached hydrogen (secondary N) is 1. The van der Waals surface area contributed by atoms with Crippen LogP contribution in [-0.4, -0.2) is 45.3 Å². The van der Waals surface area contributed by atoms with Crippen LogP contribution < -0.4 is 5.32 Å². The molecule has 2 saturated heterocycles. The van der Waals surface area contributed by atoms with E-state index in [9.17, 15) is 9.90 Å². The monoisotopic (exact) mass is 463 g/mol. The van der Waals surface area contributed by atoms with Crippen LogP contribution in [0, 0.1) is 6.92 Å². The van der Waals surface area contributed by atoms with Gasteiger partial charge >= 0.3 is 5.97 Å². The van der Waals surface area contributed by atoms with Crippen LogP contribution in [0.25, 0.3) is 11.3 Å². The first kappa shape index (κ1) is 21.6. The van der Waals surface area contributed by atoms with Gasteiger partial charge in [0.05, 0.1) is 23.4 Å². The second kappa shape index (κ2) is 8.96. The number of furan rings is 1. The van der Waals surface area contributed by atoms with Crippen molar-refractivity contribution in [2.45, 2.75) is 38.0 Å². The molecule has 33 heavy (non-hydrogen) atoms. The fraction of sp³-hybridized carbons (Fsp3) is 0.320. The molecule has 170 valence electrons. The molecule has 0 saturated carbocycles. The van der Waals surface area contributed by atoms with Crippen LogP contribution in [0.5, 0.6) is 0 Å². The van der Waals surface area contributed by atoms with Crippen molar-refractivity contribution in [3.05, 3.63) is 77.3 Å². The third-order valence-corrected chi connectivity index (χ3v) is 6.63. The number of thiocarbonyl (C=S) groups is 1. The summed E-state index contributed by atoms with van der Waals surface area (Å²) in [5.41, 5.74) is 2.85. The lowest BCUT2D eigenvalue weighted by Gasteiger charge is -2.28. The highest BCUT2D eigenvalue weighted by atomic mass is 32.1. The summed E-state index contributed by atoms with van der Waals surface area (Å²) in [5, 5.41) is 13.4. The molecule has 2 aromatic heterocycles. The largest absolute Gasteiger partial charge is 0.478 e. The number of aryl methyl sites for hydroxylation is 1. The van der Waals surface area contributed by atoms with Gasteiger partial charge in [-0.1, -0.05) is 12.1 Å². The number of carbonyl (C=O) groups is 1. The maximum absolute atomic E-state index is 11.3. The molecule has 4 heterocycles. The SMILES string of the molecule is Cc1cc(C(=O)O)ccc1-c1ccc(C2C(c3ccccn3)NC(=S)N2CC2CCCO2)o1. The summed E-state index contributed by atoms with van der Waals surface area (Å²) in [4.78, 5) is 18.0. The number of ether oxygens (including phenoxy) is 1. The second-order valence-electron chi connectivity index (χ2n) is 8.45. The van der Waals surface area contributed by atoms with E-state index >= 15 is 0 Å². The van der Waals surface area contributed by atoms with E-state index in [4.69, 9.17) is 21.4 Å². The van der Waals surface area contributed by atoms with E-state index < -0.39 is 5.97 Å². The molecule has 0 aliphatic carbocycles. The van der Waals surface area contributed by atoms with Crippen LogP contribution in [0.2, 0.25) is 0 Å². The van der Waals surface area contributed by atoms with Crippen molar-refractivity contribution in [3.63, 3.8) is 0 Å². The lowest BCUT2D eigenvalue weighted by Crippen LogP contribution is -2.36. The quantitative estimate of drug-likeness (QED) is 0.517. The summed E-state index contributed by atoms with van der Waals surface area (Å²) in [7, 11) is 0. The summed E-state index contributed by atoms with van der Waals surface area (Å²) in [6.07, 6.45) is 3.98. The third kappa shape index (κ3) is 4.24. The molecule has 3 atom stereocenters. The number of aromatic carboxylic acids is 1. The maximum Gasteiger partial charge on any atom is 0.335 e. The number of aromatic nitrogens is 1. The van der Waals surface area contributed by atoms with E-state index in [0.29, 0.717) is 17.4 Å². The number of carboxylic acid groups (broad SMARTS) is 1. The first-order valence-electron chi connectivity index (χ1n) is 11.0. The Kier molecular flexibility index (Phi) is 5.86. The molecule has 3 aromatic rings. The standard InChI is InChI=1S/C25H25N3O4S/c1-15-13-16(24(29)30)7-8-18(15)20-9-10-21(32-20)23-22(19-6-2-3-11-26-19)27-25(33)28(23)14-17-5-4-12-31-17/h2-3,6-11,13,17,22-23H,4-5,12,14H2,1H3,(H,27,33)(H,29,30). The Morgan fingerprint density at radius 2 is 2.15 bits per heavy atom. The zero-order valence-electron chi connectivity index (χ0n) is 18.2. The lowest BCUT2D eigenvalue weighted by molar-refractivity contribution is 0.0696. The minimum atomic E-state index is -0.946. The molecule has 8 heteroatoms. The molecular formula is C25H25N3O4S. The van der Waals surface area contributed by atoms with Gasteiger partial charge in [0.1, 0.15) is 17.6 Å². The predicted molar refractivity (Wildman–Crippen MR) is 127 cm³/mol. The first-order valence-corrected chi connectivity index (χ1v) is 11.5. The highest BCUT2D eigenvalue weighted by Crippen LogP contribution is 2.41. The topological polar surface area (TPSA) is 87.8 Å². The van der Waals surface area contributed by atoms with Crippen molar-refractivity contribution in [3.8, 4) is 11.3 Å². The maximum atomic E-state index is 11.3. The molecule has 2 N–H and O–H groups in total. The fourth-order valence-corrected chi connectivity index (χ4v) is 4.96. The van der Waals surface area contributed by atoms with Gasteiger partial charge in [0.25, 0.3) is 0 Å². The van der Waals surface area contributed by atoms with Gasteiger partial charge in [0.15, 0.2) is 5.11 Å². The van der Waals surface area contributed by atoms with Gasteiger partial charge in [0, 0.05) is 24.9 Å². The number of hydrogen-bond acceptors (Lipinski definition) is 5. The van der Waals surface area contributed by atoms with Crippen LogP contribution >= 0.6 is 12.2 Å². The zero-order chi connectivity index (χ0) is 22.9. The van der Waals surface area contributed by atoms with Crippen molar-refractivity contribution in [1.29, 1.82) is 0 Å². The average molecular weight is 464 g/mol. The Labute approximate surface area is 197 Å². The molecular weight excluding hydrogens is 438 g/mol. The molecule has 0 spiro atoms. The van der Waals surface area contributed by atoms with Gasteiger partial charge in [-0.3, -0.25) is 4.98 Å². The second-order valence-corrected chi connectivity index (χ2v) is 8.84. The van der Waals surface area contributed by atoms with E-state index in [1.54, 1.807) is 24.4 Å². The van der Waals surface area contributed by atoms with E-state index in [2.05, 4.69) is 15.2 Å². The first-order chi connectivity index (χ1) is 16.0. The van der Waals surface area contributed by atoms with Crippen molar-refractivity contribution in [2.75, 3.05) is 13.2 Å². The van der Waals surface area contributed by atoms with Gasteiger partial charge in [-0.25, -0.2) is 4.79 Å². The molecule has 0 radical (unpaired) electrons. The molecule has 7 nitrogen and oxygen atoms in total. The van der Waals surface area contributed by atoms with E-state index in [1.807, 2.05) is 37.3 Å². The van der Waals surface area contributed by atoms with Crippen molar-refractivity contribution >= 4 is 23.3 Å². The van der Waals surface area contributed by atoms with Crippen LogP contribution in [0.3, 0.4) is 0 Å². The summed E-state index contributed by atoms with van der Waals surface area (Å²) >= 11 is 5.72. The van der Waals surface area contributed by atoms with Crippen LogP contribution in [0.15, 0.2) is 59.1 Å². The number of pyridine rings is 1. The number of hydrogen-bond donors (Lipinski definition) is 2. The van der Waals surface area contributed by atoms with E-state index in [1.165, 1.54) is 0 Å². The Bertz CT molecular complexity index is 1170. The van der Waals surface area contributed by atoms with Gasteiger partial charge in [0.2, 0.25) is 0 Å². The van der Waals surface area contributed by atoms with Crippen molar-refractivity contribution < 1.29 is 19.1 Å². The minimum absolute atomic E-state index is 0.134. The number of rotatable bonds is 6. The average Bonchev–Trinajstić information content (AvgIpc) is 3.56. The molecule has 2 fully saturated rings. The molecule has 0 bridgehead atoms. The van der Waals surface area contributed by atoms with Crippen LogP contribution in [-0.2, 0) is 4.74 Å². The summed E-state index contributed by atoms with van der Waals surface area (Å²) in [6, 6.07) is 14.5. The lowest BCUT2D eigenvalue weighted by atomic mass is 10.0. The molecule has 2 aliphatic rings. The zero-order valence-corrected chi connectivity index (χ0v) is 19.0. The van der Waals surface area contributed by atoms with Crippen molar-refractivity contribution in [1.82, 2.24) is 15.2 Å². The highest BCUT2D eigenvalue weighted by Gasteiger charge is 2.42. The van der Waals surface area contributed by atoms with Gasteiger partial charge in [-0.15, -0.1) is 0 Å². The smallest absolute Gasteiger partial charge is 0.335 e. The summed E-state index contributed by atoms with van der Waals surface area (Å²) < 4.78 is 12.3. The Hall–Kier alpha value is -3.23. The molecule has 0 amide bonds. The van der Waals surface area contributed by atoms with Crippen LogP contribution in [0.4, 0.5) is 0 Å². The number of benzene rings is 1. The molecule has 1 aromatic carbocycles. The summed E-state index contributed by atoms with van der Waals surface area (Å²) in [6.45, 7) is 3.35. The predicted octanol–water partition coefficient (Wildman–Crippen LogP) is 4.50. The highest BCUT2D eigenvalue weighted by molar-refractivity contribution is 7.80. The Balaban J connectivity index is 1.50. The van der Waals surface area contributed by atoms with Gasteiger partial charge in [-0.2, -0.15) is 0 Å². The normalized spacial score (nSPS) is 22.5. The van der Waals surface area contributed by atoms with Crippen LogP contribution in [0.1, 0.15) is 52.3 Å². The van der Waals surface area contributed by atoms with Crippen molar-refractivity contribution in [2.24, 2.45) is 0 Å². The third-order valence-electron chi connectivity index (χ3n) is 6.28. The summed E-state index contributed by atoms with van der Waals surface area (Å²) in [5.74, 6) is 0.514. The van der Waals surface area contributed by atoms with Gasteiger partial charge in [-0.05, 0) is 73.9 Å². The Morgan fingerprint density at radius 3 is 2.85 bits per heavy atom. The van der Waals surface area contributed by atoms with E-state index in [0.717, 1.165) is 42.0 Å². The Morgan fingerprint density at radius 1 is 1.27 bits per heavy atom. The number of carboxylic acids is 1. The molecule has 3 unspecified atom stereocenters. The van der Waals surface area contributed by atoms with E-state index in [-0.39, 0.29) is 23.8 Å². The number of nitrogens with zero attached hydrogens (tertiary/aromatic N) is 2. The molecule has 2 aliphatic heterocycles. The fourth-order valence-electron chi connectivity index (χ4n) is 4.65.